The third-order valence-electron chi connectivity index (χ3n) is 4.84. The van der Waals surface area contributed by atoms with Crippen LogP contribution in [0.25, 0.3) is 0 Å². The number of non-ortho nitro benzene ring substituents is 1. The van der Waals surface area contributed by atoms with Gasteiger partial charge in [-0.3, -0.25) is 19.2 Å². The van der Waals surface area contributed by atoms with Gasteiger partial charge in [0.1, 0.15) is 18.0 Å². The summed E-state index contributed by atoms with van der Waals surface area (Å²) in [5, 5.41) is 11.1. The number of carbonyl (C=O) groups excluding carboxylic acids is 1. The largest absolute Gasteiger partial charge is 0.495 e. The van der Waals surface area contributed by atoms with Crippen LogP contribution in [0.3, 0.4) is 0 Å². The molecule has 0 heterocycles. The van der Waals surface area contributed by atoms with E-state index in [0.717, 1.165) is 48.7 Å². The van der Waals surface area contributed by atoms with Gasteiger partial charge < -0.3 is 9.64 Å². The van der Waals surface area contributed by atoms with Crippen molar-refractivity contribution in [2.24, 2.45) is 0 Å². The molecule has 27 heavy (non-hydrogen) atoms. The van der Waals surface area contributed by atoms with E-state index < -0.39 is 21.5 Å². The summed E-state index contributed by atoms with van der Waals surface area (Å²) in [4.78, 5) is 24.8. The highest BCUT2D eigenvalue weighted by Crippen LogP contribution is 2.34. The summed E-state index contributed by atoms with van der Waals surface area (Å²) in [6.07, 6.45) is 5.95. The third kappa shape index (κ3) is 5.09. The van der Waals surface area contributed by atoms with Crippen molar-refractivity contribution in [1.82, 2.24) is 4.90 Å². The van der Waals surface area contributed by atoms with Crippen LogP contribution in [0.5, 0.6) is 5.75 Å². The average Bonchev–Trinajstić information content (AvgIpc) is 2.64. The molecule has 9 nitrogen and oxygen atoms in total. The van der Waals surface area contributed by atoms with Crippen LogP contribution in [0.2, 0.25) is 0 Å². The Morgan fingerprint density at radius 3 is 2.44 bits per heavy atom. The van der Waals surface area contributed by atoms with E-state index in [9.17, 15) is 23.3 Å². The maximum absolute atomic E-state index is 12.7. The minimum absolute atomic E-state index is 0.0282. The Morgan fingerprint density at radius 1 is 1.30 bits per heavy atom. The predicted molar refractivity (Wildman–Crippen MR) is 101 cm³/mol. The fourth-order valence-electron chi connectivity index (χ4n) is 3.27. The molecule has 1 fully saturated rings. The van der Waals surface area contributed by atoms with Crippen molar-refractivity contribution in [2.45, 2.75) is 38.1 Å². The first kappa shape index (κ1) is 20.9. The monoisotopic (exact) mass is 399 g/mol. The fourth-order valence-corrected chi connectivity index (χ4v) is 4.12. The van der Waals surface area contributed by atoms with Crippen molar-refractivity contribution in [3.05, 3.63) is 28.3 Å². The standard InChI is InChI=1S/C17H25N3O6S/c1-18(13-7-5-4-6-8-13)17(21)12-19(27(3,24)25)15-11-14(20(22)23)9-10-16(15)26-2/h9-11,13H,4-8,12H2,1-3H3. The molecule has 1 amide bonds. The van der Waals surface area contributed by atoms with Gasteiger partial charge in [0.25, 0.3) is 5.69 Å². The highest BCUT2D eigenvalue weighted by Gasteiger charge is 2.29. The molecule has 0 aliphatic heterocycles. The first-order chi connectivity index (χ1) is 12.6. The number of methoxy groups -OCH3 is 1. The van der Waals surface area contributed by atoms with E-state index in [1.54, 1.807) is 11.9 Å². The number of sulfonamides is 1. The highest BCUT2D eigenvalue weighted by atomic mass is 32.2. The molecular formula is C17H25N3O6S. The molecule has 0 N–H and O–H groups in total. The Hall–Kier alpha value is -2.36. The van der Waals surface area contributed by atoms with Crippen molar-refractivity contribution >= 4 is 27.3 Å². The first-order valence-corrected chi connectivity index (χ1v) is 10.6. The number of amides is 1. The van der Waals surface area contributed by atoms with E-state index >= 15 is 0 Å². The van der Waals surface area contributed by atoms with Gasteiger partial charge in [-0.1, -0.05) is 19.3 Å². The summed E-state index contributed by atoms with van der Waals surface area (Å²) in [7, 11) is -0.865. The minimum atomic E-state index is -3.87. The second-order valence-electron chi connectivity index (χ2n) is 6.68. The number of rotatable bonds is 7. The van der Waals surface area contributed by atoms with Gasteiger partial charge in [-0.15, -0.1) is 0 Å². The van der Waals surface area contributed by atoms with Gasteiger partial charge >= 0.3 is 0 Å². The lowest BCUT2D eigenvalue weighted by Crippen LogP contribution is -2.45. The average molecular weight is 399 g/mol. The number of carbonyl (C=O) groups is 1. The normalized spacial score (nSPS) is 15.2. The minimum Gasteiger partial charge on any atom is -0.495 e. The fraction of sp³-hybridized carbons (Fsp3) is 0.588. The maximum Gasteiger partial charge on any atom is 0.271 e. The lowest BCUT2D eigenvalue weighted by Gasteiger charge is -2.33. The highest BCUT2D eigenvalue weighted by molar-refractivity contribution is 7.92. The summed E-state index contributed by atoms with van der Waals surface area (Å²) in [6.45, 7) is -0.441. The van der Waals surface area contributed by atoms with Crippen LogP contribution in [-0.4, -0.2) is 57.1 Å². The topological polar surface area (TPSA) is 110 Å². The van der Waals surface area contributed by atoms with E-state index in [-0.39, 0.29) is 29.1 Å². The van der Waals surface area contributed by atoms with Gasteiger partial charge in [0.2, 0.25) is 15.9 Å². The number of benzene rings is 1. The second-order valence-corrected chi connectivity index (χ2v) is 8.59. The number of nitrogens with zero attached hydrogens (tertiary/aromatic N) is 3. The molecule has 10 heteroatoms. The first-order valence-electron chi connectivity index (χ1n) is 8.71. The van der Waals surface area contributed by atoms with Crippen LogP contribution >= 0.6 is 0 Å². The molecule has 1 aliphatic rings. The smallest absolute Gasteiger partial charge is 0.271 e. The molecule has 1 aliphatic carbocycles. The molecule has 1 aromatic rings. The maximum atomic E-state index is 12.7. The molecule has 1 aromatic carbocycles. The lowest BCUT2D eigenvalue weighted by molar-refractivity contribution is -0.384. The summed E-state index contributed by atoms with van der Waals surface area (Å²) in [5.74, 6) is -0.222. The van der Waals surface area contributed by atoms with Crippen molar-refractivity contribution in [1.29, 1.82) is 0 Å². The molecule has 0 unspecified atom stereocenters. The van der Waals surface area contributed by atoms with Gasteiger partial charge in [-0.25, -0.2) is 8.42 Å². The van der Waals surface area contributed by atoms with E-state index in [4.69, 9.17) is 4.74 Å². The second kappa shape index (κ2) is 8.55. The van der Waals surface area contributed by atoms with E-state index in [1.165, 1.54) is 19.2 Å². The van der Waals surface area contributed by atoms with Gasteiger partial charge in [-0.05, 0) is 18.9 Å². The Kier molecular flexibility index (Phi) is 6.63. The summed E-state index contributed by atoms with van der Waals surface area (Å²) < 4.78 is 30.7. The number of ether oxygens (including phenoxy) is 1. The van der Waals surface area contributed by atoms with Gasteiger partial charge in [0.15, 0.2) is 0 Å². The van der Waals surface area contributed by atoms with Gasteiger partial charge in [-0.2, -0.15) is 0 Å². The summed E-state index contributed by atoms with van der Waals surface area (Å²) in [6, 6.07) is 3.73. The number of likely N-dealkylation sites (N-methyl/N-ethyl adjacent to an activating group) is 1. The molecule has 0 atom stereocenters. The zero-order valence-electron chi connectivity index (χ0n) is 15.8. The van der Waals surface area contributed by atoms with Crippen molar-refractivity contribution in [3.63, 3.8) is 0 Å². The Balaban J connectivity index is 2.35. The van der Waals surface area contributed by atoms with Crippen molar-refractivity contribution in [3.8, 4) is 5.75 Å². The SMILES string of the molecule is COc1ccc([N+](=O)[O-])cc1N(CC(=O)N(C)C1CCCCC1)S(C)(=O)=O. The molecule has 150 valence electrons. The molecular weight excluding hydrogens is 374 g/mol. The van der Waals surface area contributed by atoms with Gasteiger partial charge in [0.05, 0.1) is 18.3 Å². The van der Waals surface area contributed by atoms with Crippen LogP contribution < -0.4 is 9.04 Å². The Bertz CT molecular complexity index is 805. The van der Waals surface area contributed by atoms with Crippen LogP contribution in [-0.2, 0) is 14.8 Å². The number of anilines is 1. The van der Waals surface area contributed by atoms with Crippen LogP contribution in [0, 0.1) is 10.1 Å². The quantitative estimate of drug-likeness (QED) is 0.513. The molecule has 2 rings (SSSR count). The summed E-state index contributed by atoms with van der Waals surface area (Å²) in [5.41, 5.74) is -0.313. The third-order valence-corrected chi connectivity index (χ3v) is 5.96. The molecule has 0 aromatic heterocycles. The molecule has 0 spiro atoms. The van der Waals surface area contributed by atoms with Crippen LogP contribution in [0.4, 0.5) is 11.4 Å². The van der Waals surface area contributed by atoms with Crippen LogP contribution in [0.15, 0.2) is 18.2 Å². The molecule has 0 saturated heterocycles. The van der Waals surface area contributed by atoms with E-state index in [1.807, 2.05) is 0 Å². The Morgan fingerprint density at radius 2 is 1.93 bits per heavy atom. The zero-order valence-corrected chi connectivity index (χ0v) is 16.6. The predicted octanol–water partition coefficient (Wildman–Crippen LogP) is 2.16. The molecule has 0 radical (unpaired) electrons. The number of nitro benzene ring substituents is 1. The summed E-state index contributed by atoms with van der Waals surface area (Å²) >= 11 is 0. The number of hydrogen-bond donors (Lipinski definition) is 0. The number of nitro groups is 1. The molecule has 1 saturated carbocycles. The van der Waals surface area contributed by atoms with Crippen LogP contribution in [0.1, 0.15) is 32.1 Å². The van der Waals surface area contributed by atoms with E-state index in [0.29, 0.717) is 0 Å². The number of hydrogen-bond acceptors (Lipinski definition) is 6. The van der Waals surface area contributed by atoms with Crippen molar-refractivity contribution in [2.75, 3.05) is 31.3 Å². The Labute approximate surface area is 159 Å². The van der Waals surface area contributed by atoms with Crippen molar-refractivity contribution < 1.29 is 22.9 Å². The zero-order chi connectivity index (χ0) is 20.2. The molecule has 0 bridgehead atoms. The van der Waals surface area contributed by atoms with Gasteiger partial charge in [0, 0.05) is 25.2 Å². The van der Waals surface area contributed by atoms with E-state index in [2.05, 4.69) is 0 Å². The lowest BCUT2D eigenvalue weighted by atomic mass is 9.94.